The lowest BCUT2D eigenvalue weighted by Gasteiger charge is -2.21. The summed E-state index contributed by atoms with van der Waals surface area (Å²) in [6.07, 6.45) is 0. The minimum absolute atomic E-state index is 0.0167. The number of aromatic carboxylic acids is 1. The Hall–Kier alpha value is -1.89. The molecule has 0 aliphatic rings. The van der Waals surface area contributed by atoms with Crippen molar-refractivity contribution in [3.63, 3.8) is 0 Å². The smallest absolute Gasteiger partial charge is 0.335 e. The standard InChI is InChI=1S/C14H12ClNO4S/c1-9-2-5-11(6-3-9)16(21(19)20)13-8-10(14(17)18)4-7-12(13)15/h2-8H,1H3,(H,17,18)(H,19,20). The third-order valence-electron chi connectivity index (χ3n) is 2.84. The number of halogens is 1. The minimum atomic E-state index is -2.39. The molecular formula is C14H12ClNO4S. The predicted octanol–water partition coefficient (Wildman–Crippen LogP) is 3.62. The van der Waals surface area contributed by atoms with Gasteiger partial charge in [-0.1, -0.05) is 29.3 Å². The second-order valence-electron chi connectivity index (χ2n) is 4.33. The van der Waals surface area contributed by atoms with Gasteiger partial charge in [0.15, 0.2) is 0 Å². The van der Waals surface area contributed by atoms with Crippen LogP contribution in [0.2, 0.25) is 5.02 Å². The molecule has 1 unspecified atom stereocenters. The molecule has 0 spiro atoms. The van der Waals surface area contributed by atoms with Crippen LogP contribution in [-0.2, 0) is 11.3 Å². The van der Waals surface area contributed by atoms with Crippen LogP contribution in [0, 0.1) is 6.92 Å². The fourth-order valence-corrected chi connectivity index (χ4v) is 2.67. The monoisotopic (exact) mass is 325 g/mol. The highest BCUT2D eigenvalue weighted by atomic mass is 35.5. The summed E-state index contributed by atoms with van der Waals surface area (Å²) in [5.74, 6) is -1.14. The summed E-state index contributed by atoms with van der Waals surface area (Å²) >= 11 is 3.65. The molecule has 0 aromatic heterocycles. The van der Waals surface area contributed by atoms with Crippen LogP contribution in [0.1, 0.15) is 15.9 Å². The summed E-state index contributed by atoms with van der Waals surface area (Å²) in [5.41, 5.74) is 1.57. The Morgan fingerprint density at radius 2 is 1.81 bits per heavy atom. The third-order valence-corrected chi connectivity index (χ3v) is 3.88. The Kier molecular flexibility index (Phi) is 4.62. The summed E-state index contributed by atoms with van der Waals surface area (Å²) in [4.78, 5) is 11.0. The third kappa shape index (κ3) is 3.41. The van der Waals surface area contributed by atoms with Crippen molar-refractivity contribution >= 4 is 40.2 Å². The first-order valence-corrected chi connectivity index (χ1v) is 7.35. The zero-order chi connectivity index (χ0) is 15.6. The highest BCUT2D eigenvalue weighted by molar-refractivity contribution is 7.81. The number of nitrogens with zero attached hydrogens (tertiary/aromatic N) is 1. The molecule has 2 aromatic rings. The summed E-state index contributed by atoms with van der Waals surface area (Å²) in [5, 5.41) is 9.21. The number of aryl methyl sites for hydroxylation is 1. The van der Waals surface area contributed by atoms with Gasteiger partial charge in [-0.05, 0) is 37.3 Å². The molecule has 1 atom stereocenters. The van der Waals surface area contributed by atoms with E-state index >= 15 is 0 Å². The molecule has 0 radical (unpaired) electrons. The molecule has 110 valence electrons. The van der Waals surface area contributed by atoms with Crippen molar-refractivity contribution in [3.8, 4) is 0 Å². The van der Waals surface area contributed by atoms with Crippen molar-refractivity contribution in [1.82, 2.24) is 0 Å². The average molecular weight is 326 g/mol. The summed E-state index contributed by atoms with van der Waals surface area (Å²) in [6.45, 7) is 1.89. The lowest BCUT2D eigenvalue weighted by Crippen LogP contribution is -2.20. The van der Waals surface area contributed by atoms with E-state index in [2.05, 4.69) is 0 Å². The van der Waals surface area contributed by atoms with Crippen LogP contribution in [0.15, 0.2) is 42.5 Å². The molecular weight excluding hydrogens is 314 g/mol. The number of carbonyl (C=O) groups is 1. The Morgan fingerprint density at radius 1 is 1.19 bits per heavy atom. The first-order valence-electron chi connectivity index (χ1n) is 5.91. The number of hydrogen-bond acceptors (Lipinski definition) is 2. The number of anilines is 2. The number of carboxylic acid groups (broad SMARTS) is 1. The number of carboxylic acids is 1. The molecule has 7 heteroatoms. The molecule has 5 nitrogen and oxygen atoms in total. The largest absolute Gasteiger partial charge is 0.478 e. The van der Waals surface area contributed by atoms with E-state index < -0.39 is 17.2 Å². The Labute approximate surface area is 129 Å². The molecule has 2 aromatic carbocycles. The molecule has 0 bridgehead atoms. The molecule has 0 aliphatic carbocycles. The minimum Gasteiger partial charge on any atom is -0.478 e. The Morgan fingerprint density at radius 3 is 2.33 bits per heavy atom. The quantitative estimate of drug-likeness (QED) is 0.842. The number of rotatable bonds is 4. The Bertz CT molecular complexity index is 703. The molecule has 0 amide bonds. The van der Waals surface area contributed by atoms with Crippen LogP contribution < -0.4 is 4.31 Å². The van der Waals surface area contributed by atoms with Gasteiger partial charge in [0.05, 0.1) is 22.0 Å². The highest BCUT2D eigenvalue weighted by Crippen LogP contribution is 2.34. The molecule has 0 heterocycles. The maximum absolute atomic E-state index is 11.6. The molecule has 0 fully saturated rings. The van der Waals surface area contributed by atoms with Gasteiger partial charge >= 0.3 is 5.97 Å². The fourth-order valence-electron chi connectivity index (χ4n) is 1.79. The van der Waals surface area contributed by atoms with Crippen LogP contribution >= 0.6 is 11.6 Å². The second kappa shape index (κ2) is 6.26. The predicted molar refractivity (Wildman–Crippen MR) is 82.5 cm³/mol. The van der Waals surface area contributed by atoms with E-state index in [4.69, 9.17) is 16.7 Å². The van der Waals surface area contributed by atoms with Gasteiger partial charge in [-0.15, -0.1) is 0 Å². The van der Waals surface area contributed by atoms with E-state index in [1.807, 2.05) is 6.92 Å². The summed E-state index contributed by atoms with van der Waals surface area (Å²) in [6, 6.07) is 10.9. The van der Waals surface area contributed by atoms with Crippen molar-refractivity contribution < 1.29 is 18.7 Å². The van der Waals surface area contributed by atoms with Crippen molar-refractivity contribution in [2.45, 2.75) is 6.92 Å². The van der Waals surface area contributed by atoms with E-state index in [-0.39, 0.29) is 16.3 Å². The van der Waals surface area contributed by atoms with E-state index in [9.17, 15) is 13.6 Å². The van der Waals surface area contributed by atoms with Gasteiger partial charge < -0.3 is 5.11 Å². The molecule has 0 aliphatic heterocycles. The maximum Gasteiger partial charge on any atom is 0.335 e. The van der Waals surface area contributed by atoms with Crippen LogP contribution in [0.25, 0.3) is 0 Å². The van der Waals surface area contributed by atoms with Crippen molar-refractivity contribution in [1.29, 1.82) is 0 Å². The van der Waals surface area contributed by atoms with E-state index in [0.29, 0.717) is 5.69 Å². The van der Waals surface area contributed by atoms with Crippen molar-refractivity contribution in [2.24, 2.45) is 0 Å². The zero-order valence-corrected chi connectivity index (χ0v) is 12.6. The lowest BCUT2D eigenvalue weighted by atomic mass is 10.2. The normalized spacial score (nSPS) is 12.0. The molecule has 0 saturated heterocycles. The Balaban J connectivity index is 2.57. The molecule has 0 saturated carbocycles. The molecule has 2 N–H and O–H groups in total. The van der Waals surface area contributed by atoms with Crippen molar-refractivity contribution in [3.05, 3.63) is 58.6 Å². The van der Waals surface area contributed by atoms with Crippen LogP contribution in [0.3, 0.4) is 0 Å². The van der Waals surface area contributed by atoms with Crippen molar-refractivity contribution in [2.75, 3.05) is 4.31 Å². The lowest BCUT2D eigenvalue weighted by molar-refractivity contribution is 0.0697. The van der Waals surface area contributed by atoms with Crippen LogP contribution in [0.4, 0.5) is 11.4 Å². The second-order valence-corrected chi connectivity index (χ2v) is 5.57. The van der Waals surface area contributed by atoms with E-state index in [1.165, 1.54) is 18.2 Å². The molecule has 2 rings (SSSR count). The number of hydrogen-bond donors (Lipinski definition) is 2. The van der Waals surface area contributed by atoms with Gasteiger partial charge in [0.1, 0.15) is 0 Å². The first-order chi connectivity index (χ1) is 9.90. The van der Waals surface area contributed by atoms with Crippen LogP contribution in [-0.4, -0.2) is 19.8 Å². The van der Waals surface area contributed by atoms with Gasteiger partial charge in [-0.25, -0.2) is 13.3 Å². The van der Waals surface area contributed by atoms with Gasteiger partial charge in [0, 0.05) is 0 Å². The van der Waals surface area contributed by atoms with Gasteiger partial charge in [0.25, 0.3) is 11.3 Å². The van der Waals surface area contributed by atoms with Gasteiger partial charge in [0.2, 0.25) is 0 Å². The fraction of sp³-hybridized carbons (Fsp3) is 0.0714. The number of benzene rings is 2. The zero-order valence-electron chi connectivity index (χ0n) is 11.0. The molecule has 21 heavy (non-hydrogen) atoms. The first kappa shape index (κ1) is 15.5. The SMILES string of the molecule is Cc1ccc(N(c2cc(C(=O)O)ccc2Cl)S(=O)O)cc1. The van der Waals surface area contributed by atoms with Gasteiger partial charge in [-0.2, -0.15) is 0 Å². The highest BCUT2D eigenvalue weighted by Gasteiger charge is 2.19. The van der Waals surface area contributed by atoms with E-state index in [0.717, 1.165) is 9.87 Å². The van der Waals surface area contributed by atoms with Gasteiger partial charge in [-0.3, -0.25) is 4.55 Å². The summed E-state index contributed by atoms with van der Waals surface area (Å²) in [7, 11) is 0. The summed E-state index contributed by atoms with van der Waals surface area (Å²) < 4.78 is 22.2. The van der Waals surface area contributed by atoms with E-state index in [1.54, 1.807) is 24.3 Å². The van der Waals surface area contributed by atoms with Crippen LogP contribution in [0.5, 0.6) is 0 Å². The maximum atomic E-state index is 11.6. The average Bonchev–Trinajstić information content (AvgIpc) is 2.42. The topological polar surface area (TPSA) is 77.8 Å².